The number of para-hydroxylation sites is 1. The van der Waals surface area contributed by atoms with Gasteiger partial charge in [-0.2, -0.15) is 5.10 Å². The summed E-state index contributed by atoms with van der Waals surface area (Å²) in [7, 11) is 0. The van der Waals surface area contributed by atoms with E-state index in [4.69, 9.17) is 14.8 Å². The normalized spacial score (nSPS) is 18.3. The van der Waals surface area contributed by atoms with Gasteiger partial charge >= 0.3 is 0 Å². The molecular formula is C45H52N4O. The van der Waals surface area contributed by atoms with Crippen molar-refractivity contribution in [1.29, 1.82) is 0 Å². The Morgan fingerprint density at radius 3 is 2.36 bits per heavy atom. The molecule has 5 heteroatoms. The van der Waals surface area contributed by atoms with Gasteiger partial charge in [-0.1, -0.05) is 78.3 Å². The van der Waals surface area contributed by atoms with Gasteiger partial charge in [-0.25, -0.2) is 9.67 Å². The molecule has 0 radical (unpaired) electrons. The Hall–Kier alpha value is -4.64. The van der Waals surface area contributed by atoms with Gasteiger partial charge in [0.2, 0.25) is 0 Å². The monoisotopic (exact) mass is 664 g/mol. The molecule has 0 aliphatic heterocycles. The van der Waals surface area contributed by atoms with Gasteiger partial charge in [0.1, 0.15) is 17.3 Å². The Labute approximate surface area is 298 Å². The number of aromatic nitrogens is 4. The molecule has 6 aromatic rings. The van der Waals surface area contributed by atoms with Crippen LogP contribution in [0.3, 0.4) is 0 Å². The molecule has 3 heterocycles. The van der Waals surface area contributed by atoms with Crippen LogP contribution in [0, 0.1) is 31.6 Å². The predicted molar refractivity (Wildman–Crippen MR) is 208 cm³/mol. The highest BCUT2D eigenvalue weighted by atomic mass is 16.5. The van der Waals surface area contributed by atoms with Gasteiger partial charge in [0.05, 0.1) is 22.4 Å². The Morgan fingerprint density at radius 2 is 1.64 bits per heavy atom. The van der Waals surface area contributed by atoms with Crippen molar-refractivity contribution in [2.24, 2.45) is 17.8 Å². The number of benzene rings is 3. The first kappa shape index (κ1) is 33.8. The molecule has 0 N–H and O–H groups in total. The molecule has 5 nitrogen and oxygen atoms in total. The van der Waals surface area contributed by atoms with Gasteiger partial charge < -0.3 is 4.74 Å². The fourth-order valence-electron chi connectivity index (χ4n) is 8.25. The zero-order valence-corrected chi connectivity index (χ0v) is 31.5. The molecule has 0 spiro atoms. The van der Waals surface area contributed by atoms with E-state index in [2.05, 4.69) is 157 Å². The summed E-state index contributed by atoms with van der Waals surface area (Å²) in [5.74, 6) is 4.75. The van der Waals surface area contributed by atoms with E-state index in [0.717, 1.165) is 46.2 Å². The van der Waals surface area contributed by atoms with Crippen LogP contribution in [-0.4, -0.2) is 19.3 Å². The topological polar surface area (TPSA) is 44.9 Å². The average molecular weight is 665 g/mol. The van der Waals surface area contributed by atoms with Gasteiger partial charge in [0.15, 0.2) is 0 Å². The predicted octanol–water partition coefficient (Wildman–Crippen LogP) is 12.0. The molecule has 3 aromatic heterocycles. The fourth-order valence-corrected chi connectivity index (χ4v) is 8.25. The summed E-state index contributed by atoms with van der Waals surface area (Å²) in [6.45, 7) is 22.8. The molecule has 0 amide bonds. The third-order valence-electron chi connectivity index (χ3n) is 11.0. The molecule has 7 rings (SSSR count). The van der Waals surface area contributed by atoms with Crippen molar-refractivity contribution >= 4 is 21.8 Å². The van der Waals surface area contributed by atoms with Crippen LogP contribution in [0.5, 0.6) is 11.5 Å². The summed E-state index contributed by atoms with van der Waals surface area (Å²) in [5, 5.41) is 7.58. The number of pyridine rings is 1. The molecule has 3 atom stereocenters. The Balaban J connectivity index is 1.32. The lowest BCUT2D eigenvalue weighted by Crippen LogP contribution is -2.24. The van der Waals surface area contributed by atoms with E-state index in [1.165, 1.54) is 45.2 Å². The summed E-state index contributed by atoms with van der Waals surface area (Å²) in [4.78, 5) is 4.81. The fraction of sp³-hybridized carbons (Fsp3) is 0.378. The second kappa shape index (κ2) is 12.9. The lowest BCUT2D eigenvalue weighted by Gasteiger charge is -2.35. The maximum absolute atomic E-state index is 6.79. The van der Waals surface area contributed by atoms with Gasteiger partial charge in [-0.3, -0.25) is 4.57 Å². The minimum Gasteiger partial charge on any atom is -0.457 e. The van der Waals surface area contributed by atoms with Crippen LogP contribution in [0.15, 0.2) is 90.6 Å². The molecule has 1 aliphatic rings. The number of hydrogen-bond donors (Lipinski definition) is 0. The van der Waals surface area contributed by atoms with E-state index in [9.17, 15) is 0 Å². The Kier molecular flexibility index (Phi) is 8.74. The van der Waals surface area contributed by atoms with Crippen molar-refractivity contribution in [3.8, 4) is 23.0 Å². The number of allylic oxidation sites excluding steroid dienone is 2. The summed E-state index contributed by atoms with van der Waals surface area (Å²) in [5.41, 5.74) is 10.8. The number of rotatable bonds is 7. The van der Waals surface area contributed by atoms with Crippen molar-refractivity contribution in [3.63, 3.8) is 0 Å². The second-order valence-electron chi connectivity index (χ2n) is 16.0. The third kappa shape index (κ3) is 6.05. The standard InChI is InChI=1S/C45H52N4O/c1-11-32-18-19-46-42(22-32)48-40-15-13-12-14-38(40)39-17-16-36(26-41(39)48)50-37-24-34(45(8,9)10)23-35(25-37)49-31(7)44(30(6)47-49)43-28(4)20-33(27(2)3)21-29(43)5/h12-20,22-27,29,33,43H,11,21H2,1-10H3/t29-,33-,43?/m0/s1. The number of nitrogens with zero attached hydrogens (tertiary/aromatic N) is 4. The quantitative estimate of drug-likeness (QED) is 0.160. The van der Waals surface area contributed by atoms with Crippen LogP contribution in [0.4, 0.5) is 0 Å². The lowest BCUT2D eigenvalue weighted by molar-refractivity contribution is 0.317. The van der Waals surface area contributed by atoms with Crippen molar-refractivity contribution in [2.45, 2.75) is 93.4 Å². The van der Waals surface area contributed by atoms with Crippen LogP contribution in [-0.2, 0) is 11.8 Å². The average Bonchev–Trinajstić information content (AvgIpc) is 3.56. The maximum Gasteiger partial charge on any atom is 0.137 e. The van der Waals surface area contributed by atoms with Crippen molar-refractivity contribution < 1.29 is 4.74 Å². The molecular weight excluding hydrogens is 613 g/mol. The number of hydrogen-bond acceptors (Lipinski definition) is 3. The number of fused-ring (bicyclic) bond motifs is 3. The number of ether oxygens (including phenoxy) is 1. The van der Waals surface area contributed by atoms with Gasteiger partial charge in [-0.05, 0) is 110 Å². The molecule has 0 fully saturated rings. The van der Waals surface area contributed by atoms with E-state index in [1.807, 2.05) is 6.20 Å². The maximum atomic E-state index is 6.79. The lowest BCUT2D eigenvalue weighted by atomic mass is 9.69. The van der Waals surface area contributed by atoms with Crippen LogP contribution >= 0.6 is 0 Å². The molecule has 258 valence electrons. The molecule has 1 unspecified atom stereocenters. The Morgan fingerprint density at radius 1 is 0.880 bits per heavy atom. The minimum atomic E-state index is -0.0809. The summed E-state index contributed by atoms with van der Waals surface area (Å²) in [6, 6.07) is 25.9. The van der Waals surface area contributed by atoms with Crippen LogP contribution in [0.2, 0.25) is 0 Å². The van der Waals surface area contributed by atoms with E-state index < -0.39 is 0 Å². The van der Waals surface area contributed by atoms with Crippen molar-refractivity contribution in [3.05, 3.63) is 119 Å². The first-order chi connectivity index (χ1) is 23.8. The van der Waals surface area contributed by atoms with Crippen molar-refractivity contribution in [2.75, 3.05) is 0 Å². The molecule has 50 heavy (non-hydrogen) atoms. The van der Waals surface area contributed by atoms with Gasteiger partial charge in [0, 0.05) is 46.3 Å². The molecule has 1 aliphatic carbocycles. The SMILES string of the molecule is CCc1ccnc(-n2c3ccccc3c3ccc(Oc4cc(-n5nc(C)c(C6C(C)=C[C@H](C(C)C)C[C@@H]6C)c5C)cc(C(C)(C)C)c4)cc32)c1. The highest BCUT2D eigenvalue weighted by Gasteiger charge is 2.33. The van der Waals surface area contributed by atoms with Crippen molar-refractivity contribution in [1.82, 2.24) is 19.3 Å². The van der Waals surface area contributed by atoms with E-state index in [-0.39, 0.29) is 5.41 Å². The molecule has 0 saturated heterocycles. The minimum absolute atomic E-state index is 0.0809. The van der Waals surface area contributed by atoms with E-state index in [1.54, 1.807) is 0 Å². The van der Waals surface area contributed by atoms with Crippen LogP contribution in [0.1, 0.15) is 95.8 Å². The zero-order valence-electron chi connectivity index (χ0n) is 31.5. The van der Waals surface area contributed by atoms with Crippen LogP contribution in [0.25, 0.3) is 33.3 Å². The van der Waals surface area contributed by atoms with E-state index >= 15 is 0 Å². The first-order valence-electron chi connectivity index (χ1n) is 18.4. The molecule has 3 aromatic carbocycles. The van der Waals surface area contributed by atoms with Crippen LogP contribution < -0.4 is 4.74 Å². The molecule has 0 saturated carbocycles. The molecule has 0 bridgehead atoms. The Bertz CT molecular complexity index is 2240. The smallest absolute Gasteiger partial charge is 0.137 e. The number of aryl methyl sites for hydroxylation is 2. The third-order valence-corrected chi connectivity index (χ3v) is 11.0. The van der Waals surface area contributed by atoms with Gasteiger partial charge in [-0.15, -0.1) is 0 Å². The summed E-state index contributed by atoms with van der Waals surface area (Å²) < 4.78 is 11.2. The highest BCUT2D eigenvalue weighted by molar-refractivity contribution is 6.09. The van der Waals surface area contributed by atoms with E-state index in [0.29, 0.717) is 23.7 Å². The summed E-state index contributed by atoms with van der Waals surface area (Å²) in [6.07, 6.45) is 6.61. The summed E-state index contributed by atoms with van der Waals surface area (Å²) >= 11 is 0. The highest BCUT2D eigenvalue weighted by Crippen LogP contribution is 2.45. The first-order valence-corrected chi connectivity index (χ1v) is 18.4. The van der Waals surface area contributed by atoms with Gasteiger partial charge in [0.25, 0.3) is 0 Å². The zero-order chi connectivity index (χ0) is 35.5. The largest absolute Gasteiger partial charge is 0.457 e. The second-order valence-corrected chi connectivity index (χ2v) is 16.0.